The summed E-state index contributed by atoms with van der Waals surface area (Å²) in [7, 11) is 1.37. The van der Waals surface area contributed by atoms with E-state index in [1.54, 1.807) is 11.3 Å². The summed E-state index contributed by atoms with van der Waals surface area (Å²) in [5, 5.41) is 2.08. The SMILES string of the molecule is COC(=O)c1occc1CN(Cc1cccs1)CC1CCCO1. The number of furan rings is 1. The molecule has 0 amide bonds. The Balaban J connectivity index is 1.72. The Morgan fingerprint density at radius 2 is 2.35 bits per heavy atom. The second kappa shape index (κ2) is 7.77. The molecule has 0 N–H and O–H groups in total. The van der Waals surface area contributed by atoms with Gasteiger partial charge in [-0.15, -0.1) is 11.3 Å². The minimum absolute atomic E-state index is 0.267. The molecule has 1 aliphatic heterocycles. The van der Waals surface area contributed by atoms with Crippen LogP contribution in [0.1, 0.15) is 33.8 Å². The monoisotopic (exact) mass is 335 g/mol. The van der Waals surface area contributed by atoms with Crippen LogP contribution in [-0.2, 0) is 22.6 Å². The number of rotatable bonds is 7. The molecule has 1 atom stereocenters. The van der Waals surface area contributed by atoms with E-state index in [-0.39, 0.29) is 11.9 Å². The van der Waals surface area contributed by atoms with Crippen molar-refractivity contribution in [3.63, 3.8) is 0 Å². The molecule has 5 nitrogen and oxygen atoms in total. The maximum absolute atomic E-state index is 11.8. The highest BCUT2D eigenvalue weighted by molar-refractivity contribution is 7.09. The third kappa shape index (κ3) is 4.22. The Hall–Kier alpha value is -1.63. The molecule has 0 aromatic carbocycles. The van der Waals surface area contributed by atoms with E-state index in [9.17, 15) is 4.79 Å². The van der Waals surface area contributed by atoms with Crippen molar-refractivity contribution >= 4 is 17.3 Å². The van der Waals surface area contributed by atoms with Gasteiger partial charge in [0.15, 0.2) is 0 Å². The quantitative estimate of drug-likeness (QED) is 0.727. The average molecular weight is 335 g/mol. The first kappa shape index (κ1) is 16.2. The smallest absolute Gasteiger partial charge is 0.374 e. The van der Waals surface area contributed by atoms with Gasteiger partial charge >= 0.3 is 5.97 Å². The number of hydrogen-bond donors (Lipinski definition) is 0. The van der Waals surface area contributed by atoms with Crippen LogP contribution in [0.2, 0.25) is 0 Å². The first-order valence-electron chi connectivity index (χ1n) is 7.77. The molecular formula is C17H21NO4S. The molecule has 2 aromatic rings. The van der Waals surface area contributed by atoms with E-state index in [4.69, 9.17) is 13.9 Å². The van der Waals surface area contributed by atoms with Gasteiger partial charge in [0.1, 0.15) is 0 Å². The van der Waals surface area contributed by atoms with Crippen LogP contribution < -0.4 is 0 Å². The van der Waals surface area contributed by atoms with Gasteiger partial charge in [0.25, 0.3) is 0 Å². The van der Waals surface area contributed by atoms with Crippen LogP contribution in [0.25, 0.3) is 0 Å². The van der Waals surface area contributed by atoms with Gasteiger partial charge in [-0.3, -0.25) is 4.90 Å². The zero-order valence-corrected chi connectivity index (χ0v) is 14.0. The summed E-state index contributed by atoms with van der Waals surface area (Å²) in [5.41, 5.74) is 0.853. The van der Waals surface area contributed by atoms with Crippen LogP contribution in [0.5, 0.6) is 0 Å². The number of esters is 1. The molecular weight excluding hydrogens is 314 g/mol. The Bertz CT molecular complexity index is 616. The largest absolute Gasteiger partial charge is 0.463 e. The van der Waals surface area contributed by atoms with E-state index in [2.05, 4.69) is 22.4 Å². The Kier molecular flexibility index (Phi) is 5.48. The summed E-state index contributed by atoms with van der Waals surface area (Å²) in [6.07, 6.45) is 4.02. The van der Waals surface area contributed by atoms with Crippen molar-refractivity contribution in [2.24, 2.45) is 0 Å². The third-order valence-electron chi connectivity index (χ3n) is 3.96. The standard InChI is InChI=1S/C17H21NO4S/c1-20-17(19)16-13(6-8-22-16)10-18(11-14-4-2-7-21-14)12-15-5-3-9-23-15/h3,5-6,8-9,14H,2,4,7,10-12H2,1H3. The lowest BCUT2D eigenvalue weighted by Gasteiger charge is -2.24. The van der Waals surface area contributed by atoms with Crippen molar-refractivity contribution in [3.8, 4) is 0 Å². The second-order valence-electron chi connectivity index (χ2n) is 5.65. The highest BCUT2D eigenvalue weighted by Crippen LogP contribution is 2.21. The zero-order chi connectivity index (χ0) is 16.1. The predicted molar refractivity (Wildman–Crippen MR) is 87.5 cm³/mol. The van der Waals surface area contributed by atoms with Gasteiger partial charge in [0.05, 0.1) is 19.5 Å². The van der Waals surface area contributed by atoms with Gasteiger partial charge in [-0.1, -0.05) is 6.07 Å². The van der Waals surface area contributed by atoms with Gasteiger partial charge in [-0.05, 0) is 30.4 Å². The summed E-state index contributed by atoms with van der Waals surface area (Å²) in [6.45, 7) is 3.17. The van der Waals surface area contributed by atoms with Crippen molar-refractivity contribution in [1.82, 2.24) is 4.90 Å². The van der Waals surface area contributed by atoms with E-state index in [1.165, 1.54) is 18.3 Å². The first-order chi connectivity index (χ1) is 11.3. The molecule has 3 heterocycles. The molecule has 0 aliphatic carbocycles. The minimum Gasteiger partial charge on any atom is -0.463 e. The van der Waals surface area contributed by atoms with E-state index in [1.807, 2.05) is 6.07 Å². The molecule has 23 heavy (non-hydrogen) atoms. The zero-order valence-electron chi connectivity index (χ0n) is 13.2. The van der Waals surface area contributed by atoms with Crippen molar-refractivity contribution in [3.05, 3.63) is 46.0 Å². The first-order valence-corrected chi connectivity index (χ1v) is 8.65. The molecule has 0 bridgehead atoms. The molecule has 0 saturated carbocycles. The lowest BCUT2D eigenvalue weighted by Crippen LogP contribution is -2.31. The lowest BCUT2D eigenvalue weighted by atomic mass is 10.2. The maximum Gasteiger partial charge on any atom is 0.374 e. The van der Waals surface area contributed by atoms with E-state index in [0.29, 0.717) is 6.54 Å². The summed E-state index contributed by atoms with van der Waals surface area (Å²) in [6, 6.07) is 6.02. The van der Waals surface area contributed by atoms with Crippen LogP contribution >= 0.6 is 11.3 Å². The average Bonchev–Trinajstić information content (AvgIpc) is 3.28. The number of thiophene rings is 1. The normalized spacial score (nSPS) is 17.7. The molecule has 0 radical (unpaired) electrons. The summed E-state index contributed by atoms with van der Waals surface area (Å²) in [5.74, 6) is -0.144. The number of nitrogens with zero attached hydrogens (tertiary/aromatic N) is 1. The van der Waals surface area contributed by atoms with Crippen molar-refractivity contribution in [1.29, 1.82) is 0 Å². The van der Waals surface area contributed by atoms with Crippen molar-refractivity contribution < 1.29 is 18.7 Å². The highest BCUT2D eigenvalue weighted by atomic mass is 32.1. The van der Waals surface area contributed by atoms with Crippen LogP contribution in [0.15, 0.2) is 34.3 Å². The van der Waals surface area contributed by atoms with Gasteiger partial charge in [-0.2, -0.15) is 0 Å². The van der Waals surface area contributed by atoms with Crippen LogP contribution in [0, 0.1) is 0 Å². The fourth-order valence-electron chi connectivity index (χ4n) is 2.86. The fourth-order valence-corrected chi connectivity index (χ4v) is 3.60. The minimum atomic E-state index is -0.432. The number of ether oxygens (including phenoxy) is 2. The van der Waals surface area contributed by atoms with E-state index >= 15 is 0 Å². The predicted octanol–water partition coefficient (Wildman–Crippen LogP) is 3.31. The second-order valence-corrected chi connectivity index (χ2v) is 6.68. The molecule has 2 aromatic heterocycles. The molecule has 1 fully saturated rings. The molecule has 0 spiro atoms. The number of hydrogen-bond acceptors (Lipinski definition) is 6. The molecule has 6 heteroatoms. The lowest BCUT2D eigenvalue weighted by molar-refractivity contribution is 0.0555. The molecule has 1 aliphatic rings. The fraction of sp³-hybridized carbons (Fsp3) is 0.471. The Morgan fingerprint density at radius 3 is 3.04 bits per heavy atom. The Labute approximate surface area is 139 Å². The van der Waals surface area contributed by atoms with Gasteiger partial charge in [0, 0.05) is 36.7 Å². The molecule has 3 rings (SSSR count). The topological polar surface area (TPSA) is 51.9 Å². The maximum atomic E-state index is 11.8. The summed E-state index contributed by atoms with van der Waals surface area (Å²) >= 11 is 1.74. The van der Waals surface area contributed by atoms with Crippen molar-refractivity contribution in [2.75, 3.05) is 20.3 Å². The summed E-state index contributed by atoms with van der Waals surface area (Å²) < 4.78 is 15.8. The molecule has 124 valence electrons. The van der Waals surface area contributed by atoms with Crippen LogP contribution in [0.4, 0.5) is 0 Å². The van der Waals surface area contributed by atoms with E-state index in [0.717, 1.165) is 38.1 Å². The molecule has 1 saturated heterocycles. The number of carbonyl (C=O) groups excluding carboxylic acids is 1. The molecule has 1 unspecified atom stereocenters. The number of methoxy groups -OCH3 is 1. The Morgan fingerprint density at radius 1 is 1.43 bits per heavy atom. The van der Waals surface area contributed by atoms with Gasteiger partial charge < -0.3 is 13.9 Å². The third-order valence-corrected chi connectivity index (χ3v) is 4.82. The van der Waals surface area contributed by atoms with Crippen LogP contribution in [0.3, 0.4) is 0 Å². The van der Waals surface area contributed by atoms with Gasteiger partial charge in [-0.25, -0.2) is 4.79 Å². The highest BCUT2D eigenvalue weighted by Gasteiger charge is 2.23. The summed E-state index contributed by atoms with van der Waals surface area (Å²) in [4.78, 5) is 15.4. The van der Waals surface area contributed by atoms with Gasteiger partial charge in [0.2, 0.25) is 5.76 Å². The number of carbonyl (C=O) groups is 1. The van der Waals surface area contributed by atoms with E-state index < -0.39 is 5.97 Å². The van der Waals surface area contributed by atoms with Crippen molar-refractivity contribution in [2.45, 2.75) is 32.0 Å². The van der Waals surface area contributed by atoms with Crippen LogP contribution in [-0.4, -0.2) is 37.2 Å².